The first-order chi connectivity index (χ1) is 16.3. The molecule has 0 bridgehead atoms. The highest BCUT2D eigenvalue weighted by atomic mass is 19.4. The summed E-state index contributed by atoms with van der Waals surface area (Å²) in [6.45, 7) is 2.13. The smallest absolute Gasteiger partial charge is 0.406 e. The van der Waals surface area contributed by atoms with Crippen molar-refractivity contribution in [2.24, 2.45) is 0 Å². The first-order valence-corrected chi connectivity index (χ1v) is 11.0. The molecule has 0 saturated heterocycles. The van der Waals surface area contributed by atoms with E-state index in [1.807, 2.05) is 18.2 Å². The van der Waals surface area contributed by atoms with Crippen LogP contribution in [0.15, 0.2) is 78.9 Å². The molecule has 4 rings (SSSR count). The van der Waals surface area contributed by atoms with E-state index in [-0.39, 0.29) is 11.3 Å². The van der Waals surface area contributed by atoms with Gasteiger partial charge in [-0.2, -0.15) is 0 Å². The SMILES string of the molecule is CCc1ccc(CCc2ccc3c(F)c(C#Cc4ccc(OC(F)(F)F)cc4)ccc3c2)cc1. The predicted octanol–water partition coefficient (Wildman–Crippen LogP) is 7.62. The minimum absolute atomic E-state index is 0.229. The van der Waals surface area contributed by atoms with E-state index in [9.17, 15) is 13.2 Å². The van der Waals surface area contributed by atoms with Gasteiger partial charge in [-0.1, -0.05) is 67.3 Å². The number of hydrogen-bond acceptors (Lipinski definition) is 1. The number of rotatable bonds is 5. The van der Waals surface area contributed by atoms with Crippen molar-refractivity contribution in [1.29, 1.82) is 0 Å². The number of halogens is 4. The molecule has 5 heteroatoms. The third-order valence-electron chi connectivity index (χ3n) is 5.58. The van der Waals surface area contributed by atoms with Crippen LogP contribution in [0.1, 0.15) is 34.7 Å². The Morgan fingerprint density at radius 3 is 2.06 bits per heavy atom. The number of aryl methyl sites for hydroxylation is 3. The molecule has 4 aromatic carbocycles. The molecule has 0 atom stereocenters. The summed E-state index contributed by atoms with van der Waals surface area (Å²) < 4.78 is 55.7. The highest BCUT2D eigenvalue weighted by Crippen LogP contribution is 2.24. The van der Waals surface area contributed by atoms with Gasteiger partial charge in [0.05, 0.1) is 5.56 Å². The molecule has 0 aliphatic carbocycles. The average molecular weight is 462 g/mol. The van der Waals surface area contributed by atoms with E-state index in [1.54, 1.807) is 12.1 Å². The summed E-state index contributed by atoms with van der Waals surface area (Å²) >= 11 is 0. The highest BCUT2D eigenvalue weighted by Gasteiger charge is 2.30. The third kappa shape index (κ3) is 5.96. The summed E-state index contributed by atoms with van der Waals surface area (Å²) in [5, 5.41) is 1.28. The second kappa shape index (κ2) is 10.0. The van der Waals surface area contributed by atoms with Crippen LogP contribution in [-0.2, 0) is 19.3 Å². The van der Waals surface area contributed by atoms with Gasteiger partial charge >= 0.3 is 6.36 Å². The first-order valence-electron chi connectivity index (χ1n) is 11.0. The molecule has 0 heterocycles. The molecule has 0 amide bonds. The van der Waals surface area contributed by atoms with Crippen molar-refractivity contribution in [3.05, 3.63) is 112 Å². The lowest BCUT2D eigenvalue weighted by Gasteiger charge is -2.08. The second-order valence-corrected chi connectivity index (χ2v) is 7.97. The third-order valence-corrected chi connectivity index (χ3v) is 5.58. The molecule has 0 aliphatic rings. The molecule has 34 heavy (non-hydrogen) atoms. The van der Waals surface area contributed by atoms with Gasteiger partial charge in [-0.05, 0) is 71.7 Å². The minimum Gasteiger partial charge on any atom is -0.406 e. The summed E-state index contributed by atoms with van der Waals surface area (Å²) in [4.78, 5) is 0. The van der Waals surface area contributed by atoms with Crippen LogP contribution in [0.3, 0.4) is 0 Å². The Balaban J connectivity index is 1.47. The molecule has 0 fully saturated rings. The Labute approximate surface area is 196 Å². The molecule has 1 nitrogen and oxygen atoms in total. The van der Waals surface area contributed by atoms with Crippen molar-refractivity contribution in [3.8, 4) is 17.6 Å². The fourth-order valence-corrected chi connectivity index (χ4v) is 3.70. The number of alkyl halides is 3. The largest absolute Gasteiger partial charge is 0.573 e. The van der Waals surface area contributed by atoms with Crippen LogP contribution in [0.25, 0.3) is 10.8 Å². The Morgan fingerprint density at radius 1 is 0.735 bits per heavy atom. The molecule has 4 aromatic rings. The Morgan fingerprint density at radius 2 is 1.38 bits per heavy atom. The quantitative estimate of drug-likeness (QED) is 0.219. The maximum absolute atomic E-state index is 15.0. The van der Waals surface area contributed by atoms with Crippen molar-refractivity contribution in [2.75, 3.05) is 0 Å². The molecule has 0 aromatic heterocycles. The zero-order chi connectivity index (χ0) is 24.1. The molecular formula is C29H22F4O. The minimum atomic E-state index is -4.75. The van der Waals surface area contributed by atoms with Gasteiger partial charge in [0.1, 0.15) is 11.6 Å². The van der Waals surface area contributed by atoms with E-state index < -0.39 is 12.2 Å². The summed E-state index contributed by atoms with van der Waals surface area (Å²) in [5.74, 6) is 4.82. The molecule has 0 N–H and O–H groups in total. The fourth-order valence-electron chi connectivity index (χ4n) is 3.70. The van der Waals surface area contributed by atoms with Gasteiger partial charge in [0.2, 0.25) is 0 Å². The van der Waals surface area contributed by atoms with Crippen molar-refractivity contribution in [3.63, 3.8) is 0 Å². The van der Waals surface area contributed by atoms with Crippen LogP contribution in [-0.4, -0.2) is 6.36 Å². The Bertz CT molecular complexity index is 1340. The van der Waals surface area contributed by atoms with E-state index >= 15 is 4.39 Å². The van der Waals surface area contributed by atoms with Gasteiger partial charge in [-0.15, -0.1) is 13.2 Å². The predicted molar refractivity (Wildman–Crippen MR) is 126 cm³/mol. The maximum atomic E-state index is 15.0. The molecule has 0 unspecified atom stereocenters. The summed E-state index contributed by atoms with van der Waals surface area (Å²) in [7, 11) is 0. The molecule has 0 spiro atoms. The van der Waals surface area contributed by atoms with Crippen LogP contribution in [0.2, 0.25) is 0 Å². The van der Waals surface area contributed by atoms with Crippen LogP contribution in [0.4, 0.5) is 17.6 Å². The van der Waals surface area contributed by atoms with Gasteiger partial charge < -0.3 is 4.74 Å². The monoisotopic (exact) mass is 462 g/mol. The van der Waals surface area contributed by atoms with Crippen molar-refractivity contribution < 1.29 is 22.3 Å². The van der Waals surface area contributed by atoms with E-state index in [4.69, 9.17) is 0 Å². The number of ether oxygens (including phenoxy) is 1. The lowest BCUT2D eigenvalue weighted by molar-refractivity contribution is -0.274. The van der Waals surface area contributed by atoms with E-state index in [0.29, 0.717) is 10.9 Å². The summed E-state index contributed by atoms with van der Waals surface area (Å²) in [6.07, 6.45) is -1.96. The van der Waals surface area contributed by atoms with Crippen molar-refractivity contribution >= 4 is 10.8 Å². The van der Waals surface area contributed by atoms with Crippen LogP contribution in [0, 0.1) is 17.7 Å². The molecular weight excluding hydrogens is 440 g/mol. The van der Waals surface area contributed by atoms with Crippen molar-refractivity contribution in [2.45, 2.75) is 32.5 Å². The van der Waals surface area contributed by atoms with E-state index in [0.717, 1.165) is 30.2 Å². The molecule has 0 radical (unpaired) electrons. The van der Waals surface area contributed by atoms with Crippen LogP contribution < -0.4 is 4.74 Å². The van der Waals surface area contributed by atoms with Gasteiger partial charge in [0, 0.05) is 10.9 Å². The normalized spacial score (nSPS) is 11.2. The fraction of sp³-hybridized carbons (Fsp3) is 0.172. The Hall–Kier alpha value is -3.78. The second-order valence-electron chi connectivity index (χ2n) is 7.97. The average Bonchev–Trinajstić information content (AvgIpc) is 2.82. The van der Waals surface area contributed by atoms with Gasteiger partial charge in [0.15, 0.2) is 0 Å². The first kappa shape index (κ1) is 23.4. The summed E-state index contributed by atoms with van der Waals surface area (Å²) in [5.41, 5.74) is 4.40. The van der Waals surface area contributed by atoms with Gasteiger partial charge in [0.25, 0.3) is 0 Å². The standard InChI is InChI=1S/C29H22F4O/c1-2-20-3-5-21(6-4-20)7-8-23-12-18-27-25(19-23)15-14-24(28(27)30)13-9-22-10-16-26(17-11-22)34-29(31,32)33/h3-6,10-12,14-19H,2,7-8H2,1H3. The van der Waals surface area contributed by atoms with E-state index in [1.165, 1.54) is 35.4 Å². The number of hydrogen-bond donors (Lipinski definition) is 0. The van der Waals surface area contributed by atoms with Gasteiger partial charge in [-0.25, -0.2) is 4.39 Å². The molecule has 172 valence electrons. The topological polar surface area (TPSA) is 9.23 Å². The zero-order valence-corrected chi connectivity index (χ0v) is 18.5. The van der Waals surface area contributed by atoms with Crippen LogP contribution in [0.5, 0.6) is 5.75 Å². The summed E-state index contributed by atoms with van der Waals surface area (Å²) in [6, 6.07) is 22.9. The van der Waals surface area contributed by atoms with Gasteiger partial charge in [-0.3, -0.25) is 0 Å². The number of fused-ring (bicyclic) bond motifs is 1. The maximum Gasteiger partial charge on any atom is 0.573 e. The highest BCUT2D eigenvalue weighted by molar-refractivity contribution is 5.85. The Kier molecular flexibility index (Phi) is 6.88. The number of benzene rings is 4. The van der Waals surface area contributed by atoms with E-state index in [2.05, 4.69) is 47.8 Å². The van der Waals surface area contributed by atoms with Crippen molar-refractivity contribution in [1.82, 2.24) is 0 Å². The molecule has 0 aliphatic heterocycles. The van der Waals surface area contributed by atoms with Crippen LogP contribution >= 0.6 is 0 Å². The lowest BCUT2D eigenvalue weighted by atomic mass is 9.99. The zero-order valence-electron chi connectivity index (χ0n) is 18.5. The molecule has 0 saturated carbocycles. The lowest BCUT2D eigenvalue weighted by Crippen LogP contribution is -2.16.